The van der Waals surface area contributed by atoms with Crippen LogP contribution in [0.1, 0.15) is 12.8 Å². The van der Waals surface area contributed by atoms with Crippen LogP contribution in [0.25, 0.3) is 11.3 Å². The molecule has 7 heteroatoms. The Kier molecular flexibility index (Phi) is 5.83. The van der Waals surface area contributed by atoms with Gasteiger partial charge in [-0.1, -0.05) is 30.3 Å². The molecule has 0 spiro atoms. The van der Waals surface area contributed by atoms with E-state index >= 15 is 0 Å². The van der Waals surface area contributed by atoms with E-state index in [4.69, 9.17) is 5.11 Å². The molecular formula is C17H19N3O4. The first kappa shape index (κ1) is 17.4. The number of nitrogens with zero attached hydrogens (tertiary/aromatic N) is 3. The van der Waals surface area contributed by atoms with Crippen molar-refractivity contribution in [2.45, 2.75) is 19.4 Å². The summed E-state index contributed by atoms with van der Waals surface area (Å²) in [4.78, 5) is 36.0. The SMILES string of the molecule is CN(CCCC(=O)O)C(=O)Cn1nc(-c2ccccc2)ccc1=O. The van der Waals surface area contributed by atoms with Gasteiger partial charge in [-0.3, -0.25) is 14.4 Å². The van der Waals surface area contributed by atoms with Gasteiger partial charge in [0.05, 0.1) is 5.69 Å². The van der Waals surface area contributed by atoms with E-state index in [1.165, 1.54) is 11.0 Å². The molecule has 0 aliphatic heterocycles. The highest BCUT2D eigenvalue weighted by atomic mass is 16.4. The van der Waals surface area contributed by atoms with E-state index in [9.17, 15) is 14.4 Å². The number of rotatable bonds is 7. The summed E-state index contributed by atoms with van der Waals surface area (Å²) in [5.41, 5.74) is 1.10. The Bertz CT molecular complexity index is 771. The van der Waals surface area contributed by atoms with Crippen LogP contribution in [-0.4, -0.2) is 45.3 Å². The zero-order valence-electron chi connectivity index (χ0n) is 13.4. The third-order valence-electron chi connectivity index (χ3n) is 3.53. The van der Waals surface area contributed by atoms with Crippen LogP contribution in [0.2, 0.25) is 0 Å². The Balaban J connectivity index is 2.07. The molecule has 2 rings (SSSR count). The van der Waals surface area contributed by atoms with Crippen LogP contribution in [0.15, 0.2) is 47.3 Å². The van der Waals surface area contributed by atoms with Crippen molar-refractivity contribution in [1.29, 1.82) is 0 Å². The molecule has 1 aromatic heterocycles. The lowest BCUT2D eigenvalue weighted by Crippen LogP contribution is -2.35. The number of hydrogen-bond donors (Lipinski definition) is 1. The van der Waals surface area contributed by atoms with Gasteiger partial charge < -0.3 is 10.0 Å². The van der Waals surface area contributed by atoms with Gasteiger partial charge in [-0.25, -0.2) is 4.68 Å². The van der Waals surface area contributed by atoms with Crippen LogP contribution in [-0.2, 0) is 16.1 Å². The van der Waals surface area contributed by atoms with Crippen LogP contribution in [0.5, 0.6) is 0 Å². The molecule has 0 unspecified atom stereocenters. The van der Waals surface area contributed by atoms with Gasteiger partial charge in [0, 0.05) is 31.6 Å². The predicted molar refractivity (Wildman–Crippen MR) is 88.4 cm³/mol. The van der Waals surface area contributed by atoms with Crippen LogP contribution in [0.3, 0.4) is 0 Å². The van der Waals surface area contributed by atoms with Crippen molar-refractivity contribution in [3.63, 3.8) is 0 Å². The minimum absolute atomic E-state index is 0.000684. The molecule has 1 heterocycles. The van der Waals surface area contributed by atoms with Crippen LogP contribution < -0.4 is 5.56 Å². The summed E-state index contributed by atoms with van der Waals surface area (Å²) in [6.07, 6.45) is 0.364. The summed E-state index contributed by atoms with van der Waals surface area (Å²) in [7, 11) is 1.58. The fourth-order valence-electron chi connectivity index (χ4n) is 2.17. The molecule has 7 nitrogen and oxygen atoms in total. The zero-order valence-corrected chi connectivity index (χ0v) is 13.4. The number of carboxylic acids is 1. The molecule has 0 aliphatic rings. The van der Waals surface area contributed by atoms with Crippen molar-refractivity contribution in [3.05, 3.63) is 52.8 Å². The maximum absolute atomic E-state index is 12.2. The number of amides is 1. The summed E-state index contributed by atoms with van der Waals surface area (Å²) in [6.45, 7) is 0.140. The number of carbonyl (C=O) groups excluding carboxylic acids is 1. The summed E-state index contributed by atoms with van der Waals surface area (Å²) in [5.74, 6) is -1.19. The lowest BCUT2D eigenvalue weighted by Gasteiger charge is -2.17. The van der Waals surface area contributed by atoms with Crippen molar-refractivity contribution < 1.29 is 14.7 Å². The van der Waals surface area contributed by atoms with Crippen LogP contribution in [0, 0.1) is 0 Å². The molecule has 0 aliphatic carbocycles. The third-order valence-corrected chi connectivity index (χ3v) is 3.53. The molecule has 0 saturated heterocycles. The number of benzene rings is 1. The van der Waals surface area contributed by atoms with E-state index < -0.39 is 5.97 Å². The van der Waals surface area contributed by atoms with Crippen molar-refractivity contribution in [3.8, 4) is 11.3 Å². The fourth-order valence-corrected chi connectivity index (χ4v) is 2.17. The highest BCUT2D eigenvalue weighted by Crippen LogP contribution is 2.13. The summed E-state index contributed by atoms with van der Waals surface area (Å²) in [5, 5.41) is 12.9. The zero-order chi connectivity index (χ0) is 17.5. The second-order valence-corrected chi connectivity index (χ2v) is 5.39. The smallest absolute Gasteiger partial charge is 0.303 e. The molecule has 0 fully saturated rings. The van der Waals surface area contributed by atoms with Gasteiger partial charge >= 0.3 is 5.97 Å². The topological polar surface area (TPSA) is 92.5 Å². The van der Waals surface area contributed by atoms with Crippen molar-refractivity contribution >= 4 is 11.9 Å². The summed E-state index contributed by atoms with van der Waals surface area (Å²) >= 11 is 0. The first-order valence-corrected chi connectivity index (χ1v) is 7.56. The first-order chi connectivity index (χ1) is 11.5. The normalized spacial score (nSPS) is 10.4. The summed E-state index contributed by atoms with van der Waals surface area (Å²) < 4.78 is 1.12. The van der Waals surface area contributed by atoms with Crippen molar-refractivity contribution in [2.75, 3.05) is 13.6 Å². The van der Waals surface area contributed by atoms with Gasteiger partial charge in [0.2, 0.25) is 5.91 Å². The highest BCUT2D eigenvalue weighted by Gasteiger charge is 2.12. The largest absolute Gasteiger partial charge is 0.481 e. The van der Waals surface area contributed by atoms with E-state index in [-0.39, 0.29) is 24.4 Å². The van der Waals surface area contributed by atoms with Gasteiger partial charge in [-0.05, 0) is 12.5 Å². The van der Waals surface area contributed by atoms with E-state index in [0.717, 1.165) is 10.2 Å². The molecule has 1 N–H and O–H groups in total. The second-order valence-electron chi connectivity index (χ2n) is 5.39. The van der Waals surface area contributed by atoms with Crippen molar-refractivity contribution in [1.82, 2.24) is 14.7 Å². The van der Waals surface area contributed by atoms with Crippen LogP contribution in [0.4, 0.5) is 0 Å². The number of aromatic nitrogens is 2. The molecule has 24 heavy (non-hydrogen) atoms. The Morgan fingerprint density at radius 1 is 1.17 bits per heavy atom. The number of likely N-dealkylation sites (N-methyl/N-ethyl adjacent to an activating group) is 1. The minimum Gasteiger partial charge on any atom is -0.481 e. The number of hydrogen-bond acceptors (Lipinski definition) is 4. The highest BCUT2D eigenvalue weighted by molar-refractivity contribution is 5.75. The minimum atomic E-state index is -0.899. The molecular weight excluding hydrogens is 310 g/mol. The van der Waals surface area contributed by atoms with Gasteiger partial charge in [-0.2, -0.15) is 5.10 Å². The van der Waals surface area contributed by atoms with E-state index in [2.05, 4.69) is 5.10 Å². The summed E-state index contributed by atoms with van der Waals surface area (Å²) in [6, 6.07) is 12.4. The van der Waals surface area contributed by atoms with E-state index in [1.54, 1.807) is 13.1 Å². The quantitative estimate of drug-likeness (QED) is 0.825. The van der Waals surface area contributed by atoms with Gasteiger partial charge in [0.1, 0.15) is 6.54 Å². The maximum Gasteiger partial charge on any atom is 0.303 e. The lowest BCUT2D eigenvalue weighted by atomic mass is 10.1. The number of aliphatic carboxylic acids is 1. The molecule has 2 aromatic rings. The Morgan fingerprint density at radius 2 is 1.88 bits per heavy atom. The monoisotopic (exact) mass is 329 g/mol. The van der Waals surface area contributed by atoms with Crippen molar-refractivity contribution in [2.24, 2.45) is 0 Å². The maximum atomic E-state index is 12.2. The molecule has 0 radical (unpaired) electrons. The van der Waals surface area contributed by atoms with E-state index in [0.29, 0.717) is 18.7 Å². The third kappa shape index (κ3) is 4.77. The molecule has 126 valence electrons. The molecule has 0 atom stereocenters. The Morgan fingerprint density at radius 3 is 2.54 bits per heavy atom. The van der Waals surface area contributed by atoms with Gasteiger partial charge in [-0.15, -0.1) is 0 Å². The first-order valence-electron chi connectivity index (χ1n) is 7.56. The van der Waals surface area contributed by atoms with Gasteiger partial charge in [0.25, 0.3) is 5.56 Å². The average molecular weight is 329 g/mol. The van der Waals surface area contributed by atoms with Crippen LogP contribution >= 0.6 is 0 Å². The molecule has 1 aromatic carbocycles. The molecule has 1 amide bonds. The fraction of sp³-hybridized carbons (Fsp3) is 0.294. The van der Waals surface area contributed by atoms with Gasteiger partial charge in [0.15, 0.2) is 0 Å². The number of carbonyl (C=O) groups is 2. The predicted octanol–water partition coefficient (Wildman–Crippen LogP) is 1.23. The molecule has 0 saturated carbocycles. The standard InChI is InChI=1S/C17H19N3O4/c1-19(11-5-8-17(23)24)16(22)12-20-15(21)10-9-14(18-20)13-6-3-2-4-7-13/h2-4,6-7,9-10H,5,8,11-12H2,1H3,(H,23,24). The average Bonchev–Trinajstić information content (AvgIpc) is 2.57. The Hall–Kier alpha value is -2.96. The Labute approximate surface area is 139 Å². The lowest BCUT2D eigenvalue weighted by molar-refractivity contribution is -0.138. The second kappa shape index (κ2) is 8.05. The molecule has 0 bridgehead atoms. The van der Waals surface area contributed by atoms with E-state index in [1.807, 2.05) is 30.3 Å². The number of carboxylic acid groups (broad SMARTS) is 1.